The summed E-state index contributed by atoms with van der Waals surface area (Å²) in [5.74, 6) is -0.688. The molecule has 0 fully saturated rings. The fourth-order valence-electron chi connectivity index (χ4n) is 2.35. The molecule has 5 heteroatoms. The summed E-state index contributed by atoms with van der Waals surface area (Å²) in [6.07, 6.45) is 0.691. The zero-order chi connectivity index (χ0) is 16.7. The van der Waals surface area contributed by atoms with Crippen molar-refractivity contribution in [3.8, 4) is 0 Å². The van der Waals surface area contributed by atoms with Crippen molar-refractivity contribution in [3.63, 3.8) is 0 Å². The van der Waals surface area contributed by atoms with Gasteiger partial charge in [0.15, 0.2) is 15.1 Å². The average molecular weight is 332 g/mol. The van der Waals surface area contributed by atoms with E-state index in [1.165, 1.54) is 12.1 Å². The van der Waals surface area contributed by atoms with E-state index in [0.717, 1.165) is 5.56 Å². The van der Waals surface area contributed by atoms with Gasteiger partial charge in [-0.25, -0.2) is 8.42 Å². The lowest BCUT2D eigenvalue weighted by Crippen LogP contribution is -2.32. The van der Waals surface area contributed by atoms with Crippen LogP contribution in [-0.4, -0.2) is 26.2 Å². The first kappa shape index (κ1) is 17.2. The van der Waals surface area contributed by atoms with E-state index < -0.39 is 21.1 Å². The van der Waals surface area contributed by atoms with Crippen LogP contribution < -0.4 is 0 Å². The molecular formula is C18H20O4S. The summed E-state index contributed by atoms with van der Waals surface area (Å²) in [6, 6.07) is 17.5. The normalized spacial score (nSPS) is 12.6. The molecule has 0 spiro atoms. The first-order valence-corrected chi connectivity index (χ1v) is 9.10. The highest BCUT2D eigenvalue weighted by Gasteiger charge is 2.34. The maximum Gasteiger partial charge on any atom is 0.324 e. The van der Waals surface area contributed by atoms with Crippen LogP contribution in [0.3, 0.4) is 0 Å². The third-order valence-electron chi connectivity index (χ3n) is 3.53. The summed E-state index contributed by atoms with van der Waals surface area (Å²) >= 11 is 0. The maximum atomic E-state index is 12.8. The quantitative estimate of drug-likeness (QED) is 0.731. The maximum absolute atomic E-state index is 12.8. The van der Waals surface area contributed by atoms with E-state index in [4.69, 9.17) is 4.74 Å². The molecule has 0 heterocycles. The molecule has 0 bridgehead atoms. The van der Waals surface area contributed by atoms with Crippen LogP contribution in [0.5, 0.6) is 0 Å². The van der Waals surface area contributed by atoms with Gasteiger partial charge in [-0.05, 0) is 37.5 Å². The second-order valence-electron chi connectivity index (χ2n) is 5.12. The highest BCUT2D eigenvalue weighted by atomic mass is 32.2. The number of hydrogen-bond acceptors (Lipinski definition) is 4. The Morgan fingerprint density at radius 2 is 1.57 bits per heavy atom. The zero-order valence-corrected chi connectivity index (χ0v) is 13.8. The lowest BCUT2D eigenvalue weighted by atomic mass is 10.1. The van der Waals surface area contributed by atoms with Gasteiger partial charge in [0.05, 0.1) is 11.5 Å². The fourth-order valence-corrected chi connectivity index (χ4v) is 3.97. The van der Waals surface area contributed by atoms with Crippen LogP contribution >= 0.6 is 0 Å². The molecule has 0 saturated carbocycles. The van der Waals surface area contributed by atoms with E-state index in [0.29, 0.717) is 6.42 Å². The van der Waals surface area contributed by atoms with Crippen molar-refractivity contribution in [2.45, 2.75) is 29.9 Å². The number of sulfone groups is 1. The number of hydrogen-bond donors (Lipinski definition) is 0. The van der Waals surface area contributed by atoms with E-state index in [1.807, 2.05) is 30.3 Å². The van der Waals surface area contributed by atoms with Crippen molar-refractivity contribution in [1.29, 1.82) is 0 Å². The molecule has 0 aliphatic rings. The fraction of sp³-hybridized carbons (Fsp3) is 0.278. The van der Waals surface area contributed by atoms with E-state index in [1.54, 1.807) is 25.1 Å². The van der Waals surface area contributed by atoms with E-state index in [9.17, 15) is 13.2 Å². The molecule has 4 nitrogen and oxygen atoms in total. The summed E-state index contributed by atoms with van der Waals surface area (Å²) in [5, 5.41) is -1.19. The highest BCUT2D eigenvalue weighted by Crippen LogP contribution is 2.21. The second-order valence-corrected chi connectivity index (χ2v) is 7.25. The Morgan fingerprint density at radius 3 is 2.13 bits per heavy atom. The van der Waals surface area contributed by atoms with Crippen LogP contribution in [0.25, 0.3) is 0 Å². The van der Waals surface area contributed by atoms with Crippen LogP contribution in [0.1, 0.15) is 18.9 Å². The molecule has 1 atom stereocenters. The molecule has 0 radical (unpaired) electrons. The van der Waals surface area contributed by atoms with Gasteiger partial charge < -0.3 is 4.74 Å². The molecule has 0 N–H and O–H groups in total. The van der Waals surface area contributed by atoms with Crippen molar-refractivity contribution in [3.05, 3.63) is 66.2 Å². The molecule has 0 aliphatic heterocycles. The molecule has 2 aromatic carbocycles. The first-order chi connectivity index (χ1) is 11.1. The Bertz CT molecular complexity index is 724. The monoisotopic (exact) mass is 332 g/mol. The van der Waals surface area contributed by atoms with Crippen LogP contribution in [0.15, 0.2) is 65.6 Å². The molecule has 2 rings (SSSR count). The Balaban J connectivity index is 2.25. The van der Waals surface area contributed by atoms with Gasteiger partial charge in [-0.1, -0.05) is 48.5 Å². The lowest BCUT2D eigenvalue weighted by Gasteiger charge is -2.16. The standard InChI is InChI=1S/C18H20O4S/c1-2-22-18(19)17(14-13-15-9-5-3-6-10-15)23(20,21)16-11-7-4-8-12-16/h3-12,17H,2,13-14H2,1H3. The van der Waals surface area contributed by atoms with Gasteiger partial charge in [-0.3, -0.25) is 4.79 Å². The van der Waals surface area contributed by atoms with Crippen molar-refractivity contribution in [2.24, 2.45) is 0 Å². The second kappa shape index (κ2) is 7.92. The predicted molar refractivity (Wildman–Crippen MR) is 88.8 cm³/mol. The molecule has 1 unspecified atom stereocenters. The van der Waals surface area contributed by atoms with Crippen LogP contribution in [-0.2, 0) is 25.8 Å². The van der Waals surface area contributed by atoms with Gasteiger partial charge in [0.2, 0.25) is 0 Å². The summed E-state index contributed by atoms with van der Waals surface area (Å²) in [4.78, 5) is 12.3. The third kappa shape index (κ3) is 4.42. The van der Waals surface area contributed by atoms with Gasteiger partial charge in [0.25, 0.3) is 0 Å². The molecule has 2 aromatic rings. The van der Waals surface area contributed by atoms with Gasteiger partial charge >= 0.3 is 5.97 Å². The summed E-state index contributed by atoms with van der Waals surface area (Å²) in [7, 11) is -3.77. The lowest BCUT2D eigenvalue weighted by molar-refractivity contribution is -0.142. The van der Waals surface area contributed by atoms with Crippen LogP contribution in [0, 0.1) is 0 Å². The molecule has 0 saturated heterocycles. The molecule has 0 aliphatic carbocycles. The van der Waals surface area contributed by atoms with Crippen LogP contribution in [0.2, 0.25) is 0 Å². The van der Waals surface area contributed by atoms with E-state index in [2.05, 4.69) is 0 Å². The number of ether oxygens (including phenoxy) is 1. The number of benzene rings is 2. The number of carbonyl (C=O) groups excluding carboxylic acids is 1. The van der Waals surface area contributed by atoms with Crippen molar-refractivity contribution >= 4 is 15.8 Å². The van der Waals surface area contributed by atoms with E-state index >= 15 is 0 Å². The molecule has 23 heavy (non-hydrogen) atoms. The van der Waals surface area contributed by atoms with Crippen molar-refractivity contribution in [1.82, 2.24) is 0 Å². The van der Waals surface area contributed by atoms with Gasteiger partial charge in [0.1, 0.15) is 0 Å². The Hall–Kier alpha value is -2.14. The minimum absolute atomic E-state index is 0.145. The Morgan fingerprint density at radius 1 is 1.00 bits per heavy atom. The average Bonchev–Trinajstić information content (AvgIpc) is 2.57. The molecule has 122 valence electrons. The summed E-state index contributed by atoms with van der Waals surface area (Å²) < 4.78 is 30.5. The zero-order valence-electron chi connectivity index (χ0n) is 13.0. The summed E-state index contributed by atoms with van der Waals surface area (Å²) in [6.45, 7) is 1.83. The number of rotatable bonds is 7. The number of carbonyl (C=O) groups is 1. The minimum Gasteiger partial charge on any atom is -0.465 e. The Labute approximate surface area is 137 Å². The molecular weight excluding hydrogens is 312 g/mol. The highest BCUT2D eigenvalue weighted by molar-refractivity contribution is 7.92. The van der Waals surface area contributed by atoms with Crippen molar-refractivity contribution < 1.29 is 17.9 Å². The van der Waals surface area contributed by atoms with Gasteiger partial charge in [-0.2, -0.15) is 0 Å². The van der Waals surface area contributed by atoms with Gasteiger partial charge in [0, 0.05) is 0 Å². The molecule has 0 amide bonds. The SMILES string of the molecule is CCOC(=O)C(CCc1ccccc1)S(=O)(=O)c1ccccc1. The van der Waals surface area contributed by atoms with Gasteiger partial charge in [-0.15, -0.1) is 0 Å². The van der Waals surface area contributed by atoms with Crippen LogP contribution in [0.4, 0.5) is 0 Å². The smallest absolute Gasteiger partial charge is 0.324 e. The number of esters is 1. The van der Waals surface area contributed by atoms with Crippen molar-refractivity contribution in [2.75, 3.05) is 6.61 Å². The predicted octanol–water partition coefficient (Wildman–Crippen LogP) is 3.02. The Kier molecular flexibility index (Phi) is 5.93. The molecule has 0 aromatic heterocycles. The third-order valence-corrected chi connectivity index (χ3v) is 5.64. The van der Waals surface area contributed by atoms with E-state index in [-0.39, 0.29) is 17.9 Å². The number of aryl methyl sites for hydroxylation is 1. The summed E-state index contributed by atoms with van der Waals surface area (Å²) in [5.41, 5.74) is 0.991. The largest absolute Gasteiger partial charge is 0.465 e. The topological polar surface area (TPSA) is 60.4 Å². The minimum atomic E-state index is -3.77. The first-order valence-electron chi connectivity index (χ1n) is 7.55.